The van der Waals surface area contributed by atoms with Crippen molar-refractivity contribution in [3.05, 3.63) is 29.8 Å². The Labute approximate surface area is 95.2 Å². The summed E-state index contributed by atoms with van der Waals surface area (Å²) >= 11 is 1.27. The fourth-order valence-electron chi connectivity index (χ4n) is 1.50. The van der Waals surface area contributed by atoms with Crippen LogP contribution in [0.5, 0.6) is 0 Å². The minimum Gasteiger partial charge on any atom is -0.475 e. The summed E-state index contributed by atoms with van der Waals surface area (Å²) in [4.78, 5) is 11.3. The van der Waals surface area contributed by atoms with Gasteiger partial charge in [0.25, 0.3) is 0 Å². The molecular weight excluding hydrogens is 231 g/mol. The van der Waals surface area contributed by atoms with Crippen molar-refractivity contribution in [2.24, 2.45) is 0 Å². The third-order valence-electron chi connectivity index (χ3n) is 2.10. The highest BCUT2D eigenvalue weighted by Gasteiger charge is 2.21. The molecule has 0 saturated carbocycles. The van der Waals surface area contributed by atoms with Crippen LogP contribution >= 0.6 is 11.8 Å². The Hall–Kier alpha value is -1.49. The number of furan rings is 1. The van der Waals surface area contributed by atoms with E-state index in [-0.39, 0.29) is 16.7 Å². The molecular formula is C11H9FO3S. The number of thioether (sulfide) groups is 1. The molecule has 0 fully saturated rings. The summed E-state index contributed by atoms with van der Waals surface area (Å²) in [7, 11) is 0. The van der Waals surface area contributed by atoms with Gasteiger partial charge in [0.2, 0.25) is 5.76 Å². The Balaban J connectivity index is 2.77. The third-order valence-corrected chi connectivity index (χ3v) is 3.07. The first kappa shape index (κ1) is 11.0. The summed E-state index contributed by atoms with van der Waals surface area (Å²) in [6.07, 6.45) is 0. The quantitative estimate of drug-likeness (QED) is 0.835. The average Bonchev–Trinajstić information content (AvgIpc) is 2.59. The maximum absolute atomic E-state index is 13.6. The molecule has 0 spiro atoms. The van der Waals surface area contributed by atoms with Crippen LogP contribution in [0.4, 0.5) is 4.39 Å². The van der Waals surface area contributed by atoms with Gasteiger partial charge in [0.15, 0.2) is 0 Å². The molecule has 1 heterocycles. The predicted molar refractivity (Wildman–Crippen MR) is 59.5 cm³/mol. The van der Waals surface area contributed by atoms with Gasteiger partial charge < -0.3 is 9.52 Å². The number of carbonyl (C=O) groups is 1. The molecule has 2 aromatic rings. The normalized spacial score (nSPS) is 10.9. The molecule has 0 amide bonds. The molecule has 2 rings (SSSR count). The Morgan fingerprint density at radius 3 is 2.94 bits per heavy atom. The second kappa shape index (κ2) is 4.17. The van der Waals surface area contributed by atoms with Crippen LogP contribution in [-0.4, -0.2) is 16.8 Å². The first-order chi connectivity index (χ1) is 7.65. The highest BCUT2D eigenvalue weighted by Crippen LogP contribution is 2.35. The molecule has 16 heavy (non-hydrogen) atoms. The molecule has 84 valence electrons. The first-order valence-corrected chi connectivity index (χ1v) is 5.70. The van der Waals surface area contributed by atoms with Gasteiger partial charge in [0.1, 0.15) is 11.4 Å². The lowest BCUT2D eigenvalue weighted by Gasteiger charge is -1.97. The summed E-state index contributed by atoms with van der Waals surface area (Å²) in [6, 6.07) is 4.35. The maximum atomic E-state index is 13.6. The molecule has 0 saturated heterocycles. The van der Waals surface area contributed by atoms with Crippen molar-refractivity contribution in [3.63, 3.8) is 0 Å². The van der Waals surface area contributed by atoms with Gasteiger partial charge in [0.05, 0.1) is 10.3 Å². The van der Waals surface area contributed by atoms with E-state index in [0.717, 1.165) is 0 Å². The van der Waals surface area contributed by atoms with E-state index in [1.165, 1.54) is 23.9 Å². The van der Waals surface area contributed by atoms with E-state index in [1.807, 2.05) is 6.92 Å². The zero-order valence-corrected chi connectivity index (χ0v) is 9.31. The summed E-state index contributed by atoms with van der Waals surface area (Å²) < 4.78 is 18.7. The molecule has 3 nitrogen and oxygen atoms in total. The fourth-order valence-corrected chi connectivity index (χ4v) is 2.39. The number of hydrogen-bond acceptors (Lipinski definition) is 3. The van der Waals surface area contributed by atoms with Crippen LogP contribution < -0.4 is 0 Å². The van der Waals surface area contributed by atoms with Crippen molar-refractivity contribution in [2.75, 3.05) is 5.75 Å². The third kappa shape index (κ3) is 1.67. The van der Waals surface area contributed by atoms with Gasteiger partial charge in [-0.15, -0.1) is 11.8 Å². The molecule has 0 radical (unpaired) electrons. The SMILES string of the molecule is CCSc1c(C(=O)O)oc2cccc(F)c12. The summed E-state index contributed by atoms with van der Waals surface area (Å²) in [5, 5.41) is 9.21. The van der Waals surface area contributed by atoms with Crippen LogP contribution in [0.2, 0.25) is 0 Å². The van der Waals surface area contributed by atoms with Gasteiger partial charge in [-0.25, -0.2) is 9.18 Å². The van der Waals surface area contributed by atoms with Gasteiger partial charge in [-0.1, -0.05) is 13.0 Å². The topological polar surface area (TPSA) is 50.4 Å². The predicted octanol–water partition coefficient (Wildman–Crippen LogP) is 3.38. The molecule has 0 aliphatic rings. The number of fused-ring (bicyclic) bond motifs is 1. The number of carboxylic acids is 1. The largest absolute Gasteiger partial charge is 0.475 e. The fraction of sp³-hybridized carbons (Fsp3) is 0.182. The van der Waals surface area contributed by atoms with E-state index in [0.29, 0.717) is 10.6 Å². The molecule has 5 heteroatoms. The maximum Gasteiger partial charge on any atom is 0.373 e. The van der Waals surface area contributed by atoms with E-state index in [9.17, 15) is 9.18 Å². The van der Waals surface area contributed by atoms with Crippen LogP contribution in [0, 0.1) is 5.82 Å². The second-order valence-corrected chi connectivity index (χ2v) is 4.39. The van der Waals surface area contributed by atoms with E-state index < -0.39 is 11.8 Å². The number of hydrogen-bond donors (Lipinski definition) is 1. The second-order valence-electron chi connectivity index (χ2n) is 3.11. The number of benzene rings is 1. The smallest absolute Gasteiger partial charge is 0.373 e. The average molecular weight is 240 g/mol. The van der Waals surface area contributed by atoms with Crippen LogP contribution in [0.15, 0.2) is 27.5 Å². The van der Waals surface area contributed by atoms with Crippen LogP contribution in [0.25, 0.3) is 11.0 Å². The zero-order chi connectivity index (χ0) is 11.7. The lowest BCUT2D eigenvalue weighted by Crippen LogP contribution is -1.95. The number of carboxylic acid groups (broad SMARTS) is 1. The van der Waals surface area contributed by atoms with E-state index in [4.69, 9.17) is 9.52 Å². The van der Waals surface area contributed by atoms with Gasteiger partial charge in [-0.2, -0.15) is 0 Å². The Morgan fingerprint density at radius 2 is 2.31 bits per heavy atom. The summed E-state index contributed by atoms with van der Waals surface area (Å²) in [5.74, 6) is -1.16. The van der Waals surface area contributed by atoms with Crippen molar-refractivity contribution in [1.29, 1.82) is 0 Å². The molecule has 1 N–H and O–H groups in total. The molecule has 0 aliphatic heterocycles. The number of rotatable bonds is 3. The number of aromatic carboxylic acids is 1. The summed E-state index contributed by atoms with van der Waals surface area (Å²) in [5.41, 5.74) is 0.272. The molecule has 0 bridgehead atoms. The van der Waals surface area contributed by atoms with E-state index >= 15 is 0 Å². The number of halogens is 1. The van der Waals surface area contributed by atoms with Gasteiger partial charge >= 0.3 is 5.97 Å². The molecule has 1 aromatic heterocycles. The first-order valence-electron chi connectivity index (χ1n) is 4.72. The van der Waals surface area contributed by atoms with Crippen LogP contribution in [0.3, 0.4) is 0 Å². The zero-order valence-electron chi connectivity index (χ0n) is 8.49. The van der Waals surface area contributed by atoms with Crippen molar-refractivity contribution in [3.8, 4) is 0 Å². The van der Waals surface area contributed by atoms with Gasteiger partial charge in [0, 0.05) is 0 Å². The van der Waals surface area contributed by atoms with Crippen molar-refractivity contribution >= 4 is 28.7 Å². The molecule has 1 aromatic carbocycles. The van der Waals surface area contributed by atoms with Gasteiger partial charge in [-0.05, 0) is 17.9 Å². The monoisotopic (exact) mass is 240 g/mol. The molecule has 0 unspecified atom stereocenters. The Morgan fingerprint density at radius 1 is 1.56 bits per heavy atom. The summed E-state index contributed by atoms with van der Waals surface area (Å²) in [6.45, 7) is 1.87. The van der Waals surface area contributed by atoms with Crippen LogP contribution in [0.1, 0.15) is 17.5 Å². The Kier molecular flexibility index (Phi) is 2.87. The van der Waals surface area contributed by atoms with Crippen molar-refractivity contribution < 1.29 is 18.7 Å². The highest BCUT2D eigenvalue weighted by atomic mass is 32.2. The standard InChI is InChI=1S/C11H9FO3S/c1-2-16-10-8-6(12)4-3-5-7(8)15-9(10)11(13)14/h3-5H,2H2,1H3,(H,13,14). The van der Waals surface area contributed by atoms with Crippen molar-refractivity contribution in [2.45, 2.75) is 11.8 Å². The molecule has 0 aliphatic carbocycles. The minimum absolute atomic E-state index is 0.188. The molecule has 0 atom stereocenters. The lowest BCUT2D eigenvalue weighted by molar-refractivity contribution is 0.0660. The minimum atomic E-state index is -1.17. The van der Waals surface area contributed by atoms with E-state index in [1.54, 1.807) is 6.07 Å². The van der Waals surface area contributed by atoms with E-state index in [2.05, 4.69) is 0 Å². The van der Waals surface area contributed by atoms with Crippen LogP contribution in [-0.2, 0) is 0 Å². The highest BCUT2D eigenvalue weighted by molar-refractivity contribution is 7.99. The van der Waals surface area contributed by atoms with Gasteiger partial charge in [-0.3, -0.25) is 0 Å². The Bertz CT molecular complexity index is 547. The van der Waals surface area contributed by atoms with Crippen molar-refractivity contribution in [1.82, 2.24) is 0 Å². The lowest BCUT2D eigenvalue weighted by atomic mass is 10.2.